The van der Waals surface area contributed by atoms with Gasteiger partial charge in [0.05, 0.1) is 5.69 Å². The van der Waals surface area contributed by atoms with Crippen LogP contribution >= 0.6 is 0 Å². The summed E-state index contributed by atoms with van der Waals surface area (Å²) in [5.41, 5.74) is 0.954. The van der Waals surface area contributed by atoms with Crippen LogP contribution in [0.4, 0.5) is 15.8 Å². The van der Waals surface area contributed by atoms with Gasteiger partial charge in [0.15, 0.2) is 0 Å². The third kappa shape index (κ3) is 4.71. The molecule has 5 heteroatoms. The minimum Gasteiger partial charge on any atom is -0.385 e. The zero-order valence-corrected chi connectivity index (χ0v) is 10.9. The molecule has 0 saturated carbocycles. The maximum absolute atomic E-state index is 13.6. The van der Waals surface area contributed by atoms with Gasteiger partial charge in [0.25, 0.3) is 0 Å². The molecular formula is C13H19FN2O2. The van der Waals surface area contributed by atoms with Crippen molar-refractivity contribution in [2.75, 3.05) is 24.4 Å². The molecule has 100 valence electrons. The fraction of sp³-hybridized carbons (Fsp3) is 0.462. The lowest BCUT2D eigenvalue weighted by molar-refractivity contribution is -0.114. The maximum atomic E-state index is 13.6. The summed E-state index contributed by atoms with van der Waals surface area (Å²) in [5, 5.41) is 5.67. The highest BCUT2D eigenvalue weighted by Crippen LogP contribution is 2.20. The van der Waals surface area contributed by atoms with Crippen LogP contribution in [-0.4, -0.2) is 25.7 Å². The first-order valence-corrected chi connectivity index (χ1v) is 5.85. The summed E-state index contributed by atoms with van der Waals surface area (Å²) < 4.78 is 18.5. The van der Waals surface area contributed by atoms with E-state index in [1.165, 1.54) is 19.1 Å². The number of rotatable bonds is 6. The lowest BCUT2D eigenvalue weighted by atomic mass is 10.2. The van der Waals surface area contributed by atoms with E-state index in [2.05, 4.69) is 10.6 Å². The molecule has 0 saturated heterocycles. The Morgan fingerprint density at radius 1 is 1.50 bits per heavy atom. The van der Waals surface area contributed by atoms with E-state index in [0.29, 0.717) is 18.0 Å². The quantitative estimate of drug-likeness (QED) is 0.820. The first kappa shape index (κ1) is 14.4. The number of carbonyl (C=O) groups is 1. The Hall–Kier alpha value is -1.62. The number of hydrogen-bond donors (Lipinski definition) is 2. The van der Waals surface area contributed by atoms with Crippen LogP contribution < -0.4 is 10.6 Å². The number of carbonyl (C=O) groups excluding carboxylic acids is 1. The van der Waals surface area contributed by atoms with Gasteiger partial charge >= 0.3 is 0 Å². The molecule has 0 spiro atoms. The first-order valence-electron chi connectivity index (χ1n) is 5.85. The van der Waals surface area contributed by atoms with Crippen LogP contribution in [0, 0.1) is 5.82 Å². The van der Waals surface area contributed by atoms with E-state index in [1.54, 1.807) is 13.2 Å². The summed E-state index contributed by atoms with van der Waals surface area (Å²) in [5.74, 6) is -0.520. The number of amides is 1. The summed E-state index contributed by atoms with van der Waals surface area (Å²) in [7, 11) is 1.63. The number of nitrogens with one attached hydrogen (secondary N) is 2. The molecule has 1 rings (SSSR count). The van der Waals surface area contributed by atoms with E-state index >= 15 is 0 Å². The molecule has 0 bridgehead atoms. The molecule has 1 amide bonds. The monoisotopic (exact) mass is 254 g/mol. The molecule has 1 atom stereocenters. The number of hydrogen-bond acceptors (Lipinski definition) is 3. The van der Waals surface area contributed by atoms with Gasteiger partial charge in [-0.3, -0.25) is 4.79 Å². The predicted octanol–water partition coefficient (Wildman–Crippen LogP) is 2.62. The van der Waals surface area contributed by atoms with Crippen LogP contribution in [0.3, 0.4) is 0 Å². The standard InChI is InChI=1S/C13H19FN2O2/c1-9(6-7-18-3)15-13-8-11(16-10(2)17)4-5-12(13)14/h4-5,8-9,15H,6-7H2,1-3H3,(H,16,17). The van der Waals surface area contributed by atoms with Crippen molar-refractivity contribution in [1.82, 2.24) is 0 Å². The fourth-order valence-corrected chi connectivity index (χ4v) is 1.55. The molecule has 0 fully saturated rings. The lowest BCUT2D eigenvalue weighted by Crippen LogP contribution is -2.18. The second kappa shape index (κ2) is 6.96. The van der Waals surface area contributed by atoms with Gasteiger partial charge in [0.1, 0.15) is 5.82 Å². The Morgan fingerprint density at radius 3 is 2.83 bits per heavy atom. The van der Waals surface area contributed by atoms with Gasteiger partial charge in [-0.15, -0.1) is 0 Å². The largest absolute Gasteiger partial charge is 0.385 e. The molecule has 1 aromatic carbocycles. The van der Waals surface area contributed by atoms with Gasteiger partial charge in [0, 0.05) is 32.4 Å². The fourth-order valence-electron chi connectivity index (χ4n) is 1.55. The molecule has 0 aliphatic rings. The molecule has 1 unspecified atom stereocenters. The highest BCUT2D eigenvalue weighted by molar-refractivity contribution is 5.89. The first-order chi connectivity index (χ1) is 8.52. The van der Waals surface area contributed by atoms with Crippen LogP contribution in [0.15, 0.2) is 18.2 Å². The van der Waals surface area contributed by atoms with Crippen LogP contribution in [0.25, 0.3) is 0 Å². The maximum Gasteiger partial charge on any atom is 0.221 e. The highest BCUT2D eigenvalue weighted by atomic mass is 19.1. The van der Waals surface area contributed by atoms with Gasteiger partial charge in [0.2, 0.25) is 5.91 Å². The zero-order valence-electron chi connectivity index (χ0n) is 10.9. The summed E-state index contributed by atoms with van der Waals surface area (Å²) in [4.78, 5) is 10.9. The second-order valence-corrected chi connectivity index (χ2v) is 4.20. The molecule has 0 heterocycles. The number of halogens is 1. The van der Waals surface area contributed by atoms with E-state index < -0.39 is 0 Å². The van der Waals surface area contributed by atoms with Gasteiger partial charge in [-0.2, -0.15) is 0 Å². The van der Waals surface area contributed by atoms with Crippen molar-refractivity contribution in [2.45, 2.75) is 26.3 Å². The van der Waals surface area contributed by atoms with Crippen molar-refractivity contribution in [1.29, 1.82) is 0 Å². The molecule has 0 aliphatic carbocycles. The smallest absolute Gasteiger partial charge is 0.221 e. The topological polar surface area (TPSA) is 50.4 Å². The van der Waals surface area contributed by atoms with Crippen molar-refractivity contribution in [3.05, 3.63) is 24.0 Å². The molecule has 2 N–H and O–H groups in total. The Labute approximate surface area is 107 Å². The van der Waals surface area contributed by atoms with Crippen LogP contribution in [0.2, 0.25) is 0 Å². The Balaban J connectivity index is 2.71. The van der Waals surface area contributed by atoms with Crippen molar-refractivity contribution in [2.24, 2.45) is 0 Å². The minimum atomic E-state index is -0.339. The average molecular weight is 254 g/mol. The average Bonchev–Trinajstić information content (AvgIpc) is 2.30. The molecular weight excluding hydrogens is 235 g/mol. The third-order valence-electron chi connectivity index (χ3n) is 2.44. The van der Waals surface area contributed by atoms with E-state index in [1.807, 2.05) is 6.92 Å². The Morgan fingerprint density at radius 2 is 2.22 bits per heavy atom. The normalized spacial score (nSPS) is 12.0. The van der Waals surface area contributed by atoms with Crippen LogP contribution in [-0.2, 0) is 9.53 Å². The molecule has 0 aliphatic heterocycles. The number of anilines is 2. The molecule has 0 aromatic heterocycles. The van der Waals surface area contributed by atoms with Crippen molar-refractivity contribution in [3.8, 4) is 0 Å². The van der Waals surface area contributed by atoms with Crippen LogP contribution in [0.5, 0.6) is 0 Å². The van der Waals surface area contributed by atoms with Crippen molar-refractivity contribution >= 4 is 17.3 Å². The predicted molar refractivity (Wildman–Crippen MR) is 70.3 cm³/mol. The van der Waals surface area contributed by atoms with Crippen molar-refractivity contribution in [3.63, 3.8) is 0 Å². The van der Waals surface area contributed by atoms with E-state index in [-0.39, 0.29) is 17.8 Å². The second-order valence-electron chi connectivity index (χ2n) is 4.20. The summed E-state index contributed by atoms with van der Waals surface area (Å²) in [6.45, 7) is 3.97. The molecule has 0 radical (unpaired) electrons. The SMILES string of the molecule is COCCC(C)Nc1cc(NC(C)=O)ccc1F. The van der Waals surface area contributed by atoms with Gasteiger partial charge in [-0.25, -0.2) is 4.39 Å². The zero-order chi connectivity index (χ0) is 13.5. The van der Waals surface area contributed by atoms with Crippen LogP contribution in [0.1, 0.15) is 20.3 Å². The van der Waals surface area contributed by atoms with Gasteiger partial charge < -0.3 is 15.4 Å². The van der Waals surface area contributed by atoms with E-state index in [0.717, 1.165) is 6.42 Å². The summed E-state index contributed by atoms with van der Waals surface area (Å²) in [6.07, 6.45) is 0.778. The Bertz CT molecular complexity index is 410. The third-order valence-corrected chi connectivity index (χ3v) is 2.44. The molecule has 4 nitrogen and oxygen atoms in total. The summed E-state index contributed by atoms with van der Waals surface area (Å²) >= 11 is 0. The van der Waals surface area contributed by atoms with Gasteiger partial charge in [-0.1, -0.05) is 0 Å². The number of methoxy groups -OCH3 is 1. The molecule has 1 aromatic rings. The number of ether oxygens (including phenoxy) is 1. The van der Waals surface area contributed by atoms with E-state index in [4.69, 9.17) is 4.74 Å². The Kier molecular flexibility index (Phi) is 5.58. The van der Waals surface area contributed by atoms with Crippen molar-refractivity contribution < 1.29 is 13.9 Å². The van der Waals surface area contributed by atoms with Gasteiger partial charge in [-0.05, 0) is 31.5 Å². The highest BCUT2D eigenvalue weighted by Gasteiger charge is 2.08. The number of benzene rings is 1. The lowest BCUT2D eigenvalue weighted by Gasteiger charge is -2.16. The minimum absolute atomic E-state index is 0.0898. The summed E-state index contributed by atoms with van der Waals surface area (Å²) in [6, 6.07) is 4.53. The molecule has 18 heavy (non-hydrogen) atoms. The van der Waals surface area contributed by atoms with E-state index in [9.17, 15) is 9.18 Å².